The summed E-state index contributed by atoms with van der Waals surface area (Å²) in [6.45, 7) is 3.32. The fraction of sp³-hybridized carbons (Fsp3) is 0.200. The molecule has 8 heteroatoms. The molecular formula is C20H16N4O2S2. The molecule has 0 amide bonds. The largest absolute Gasteiger partial charge is 0.246 e. The molecule has 28 heavy (non-hydrogen) atoms. The van der Waals surface area contributed by atoms with Crippen LogP contribution >= 0.6 is 11.3 Å². The maximum Gasteiger partial charge on any atom is 0.180 e. The Morgan fingerprint density at radius 2 is 1.93 bits per heavy atom. The molecule has 1 aliphatic rings. The SMILES string of the molecule is CC(C)S(=O)(=O)c1ccc(-c2cnc3c(n2)C(c2cscc2C#N)C=N3)cc1. The predicted molar refractivity (Wildman–Crippen MR) is 109 cm³/mol. The summed E-state index contributed by atoms with van der Waals surface area (Å²) in [6, 6.07) is 8.87. The predicted octanol–water partition coefficient (Wildman–Crippen LogP) is 4.11. The first-order valence-electron chi connectivity index (χ1n) is 8.63. The van der Waals surface area contributed by atoms with Gasteiger partial charge in [-0.15, -0.1) is 0 Å². The molecule has 0 fully saturated rings. The van der Waals surface area contributed by atoms with Crippen molar-refractivity contribution in [3.05, 3.63) is 58.0 Å². The summed E-state index contributed by atoms with van der Waals surface area (Å²) in [5.74, 6) is 0.340. The molecule has 2 aromatic heterocycles. The third kappa shape index (κ3) is 3.03. The van der Waals surface area contributed by atoms with Gasteiger partial charge in [-0.1, -0.05) is 12.1 Å². The van der Waals surface area contributed by atoms with Gasteiger partial charge in [0.2, 0.25) is 0 Å². The zero-order valence-corrected chi connectivity index (χ0v) is 16.8. The number of thiophene rings is 1. The van der Waals surface area contributed by atoms with E-state index in [9.17, 15) is 13.7 Å². The molecular weight excluding hydrogens is 392 g/mol. The number of nitrogens with zero attached hydrogens (tertiary/aromatic N) is 4. The van der Waals surface area contributed by atoms with Gasteiger partial charge in [-0.05, 0) is 36.9 Å². The summed E-state index contributed by atoms with van der Waals surface area (Å²) < 4.78 is 24.6. The molecule has 1 aliphatic heterocycles. The average molecular weight is 409 g/mol. The van der Waals surface area contributed by atoms with Crippen LogP contribution in [0.15, 0.2) is 51.1 Å². The highest BCUT2D eigenvalue weighted by atomic mass is 32.2. The van der Waals surface area contributed by atoms with Crippen molar-refractivity contribution in [2.75, 3.05) is 0 Å². The topological polar surface area (TPSA) is 96.1 Å². The zero-order valence-electron chi connectivity index (χ0n) is 15.2. The second kappa shape index (κ2) is 6.93. The Morgan fingerprint density at radius 1 is 1.18 bits per heavy atom. The summed E-state index contributed by atoms with van der Waals surface area (Å²) in [7, 11) is -3.32. The van der Waals surface area contributed by atoms with Crippen LogP contribution < -0.4 is 0 Å². The van der Waals surface area contributed by atoms with Crippen LogP contribution in [-0.4, -0.2) is 29.9 Å². The Balaban J connectivity index is 1.71. The maximum atomic E-state index is 12.3. The van der Waals surface area contributed by atoms with Crippen LogP contribution in [-0.2, 0) is 9.84 Å². The van der Waals surface area contributed by atoms with E-state index in [-0.39, 0.29) is 5.92 Å². The van der Waals surface area contributed by atoms with Crippen LogP contribution in [0.2, 0.25) is 0 Å². The molecule has 0 radical (unpaired) electrons. The number of aromatic nitrogens is 2. The smallest absolute Gasteiger partial charge is 0.180 e. The molecule has 0 N–H and O–H groups in total. The minimum Gasteiger partial charge on any atom is -0.246 e. The lowest BCUT2D eigenvalue weighted by atomic mass is 9.97. The minimum absolute atomic E-state index is 0.205. The Labute approximate surface area is 167 Å². The fourth-order valence-electron chi connectivity index (χ4n) is 3.01. The van der Waals surface area contributed by atoms with Crippen LogP contribution in [0.5, 0.6) is 0 Å². The van der Waals surface area contributed by atoms with E-state index in [1.165, 1.54) is 11.3 Å². The highest BCUT2D eigenvalue weighted by molar-refractivity contribution is 7.92. The second-order valence-electron chi connectivity index (χ2n) is 6.69. The molecule has 0 saturated carbocycles. The van der Waals surface area contributed by atoms with Crippen molar-refractivity contribution < 1.29 is 8.42 Å². The van der Waals surface area contributed by atoms with E-state index in [1.54, 1.807) is 50.5 Å². The summed E-state index contributed by atoms with van der Waals surface area (Å²) >= 11 is 1.47. The number of aliphatic imine (C=N–C) groups is 1. The third-order valence-corrected chi connectivity index (χ3v) is 7.60. The van der Waals surface area contributed by atoms with E-state index in [1.807, 2.05) is 10.8 Å². The van der Waals surface area contributed by atoms with Crippen LogP contribution in [0, 0.1) is 11.3 Å². The maximum absolute atomic E-state index is 12.3. The van der Waals surface area contributed by atoms with Gasteiger partial charge in [0.05, 0.1) is 39.2 Å². The third-order valence-electron chi connectivity index (χ3n) is 4.67. The van der Waals surface area contributed by atoms with Crippen LogP contribution in [0.3, 0.4) is 0 Å². The van der Waals surface area contributed by atoms with Gasteiger partial charge in [0.15, 0.2) is 15.7 Å². The second-order valence-corrected chi connectivity index (χ2v) is 9.94. The van der Waals surface area contributed by atoms with Crippen LogP contribution in [0.4, 0.5) is 5.82 Å². The zero-order chi connectivity index (χ0) is 19.9. The summed E-state index contributed by atoms with van der Waals surface area (Å²) in [5, 5.41) is 12.6. The summed E-state index contributed by atoms with van der Waals surface area (Å²) in [6.07, 6.45) is 3.39. The van der Waals surface area contributed by atoms with Crippen molar-refractivity contribution in [2.24, 2.45) is 4.99 Å². The minimum atomic E-state index is -3.32. The number of sulfone groups is 1. The van der Waals surface area contributed by atoms with E-state index < -0.39 is 15.1 Å². The van der Waals surface area contributed by atoms with E-state index in [0.29, 0.717) is 27.7 Å². The van der Waals surface area contributed by atoms with Gasteiger partial charge in [-0.3, -0.25) is 0 Å². The van der Waals surface area contributed by atoms with Gasteiger partial charge in [0.1, 0.15) is 6.07 Å². The number of nitriles is 1. The number of hydrogen-bond acceptors (Lipinski definition) is 7. The van der Waals surface area contributed by atoms with Crippen LogP contribution in [0.25, 0.3) is 11.3 Å². The molecule has 1 unspecified atom stereocenters. The first kappa shape index (κ1) is 18.5. The van der Waals surface area contributed by atoms with Crippen molar-refractivity contribution in [1.82, 2.24) is 9.97 Å². The highest BCUT2D eigenvalue weighted by Gasteiger charge is 2.27. The Morgan fingerprint density at radius 3 is 2.61 bits per heavy atom. The molecule has 3 heterocycles. The van der Waals surface area contributed by atoms with Crippen molar-refractivity contribution >= 4 is 33.2 Å². The summed E-state index contributed by atoms with van der Waals surface area (Å²) in [5.41, 5.74) is 3.60. The molecule has 0 aliphatic carbocycles. The van der Waals surface area contributed by atoms with Gasteiger partial charge >= 0.3 is 0 Å². The van der Waals surface area contributed by atoms with E-state index in [4.69, 9.17) is 4.98 Å². The first-order valence-corrected chi connectivity index (χ1v) is 11.1. The molecule has 1 aromatic carbocycles. The molecule has 0 bridgehead atoms. The lowest BCUT2D eigenvalue weighted by molar-refractivity contribution is 0.587. The monoisotopic (exact) mass is 408 g/mol. The van der Waals surface area contributed by atoms with Crippen molar-refractivity contribution in [1.29, 1.82) is 5.26 Å². The van der Waals surface area contributed by atoms with Gasteiger partial charge in [0.25, 0.3) is 0 Å². The quantitative estimate of drug-likeness (QED) is 0.647. The van der Waals surface area contributed by atoms with Gasteiger partial charge < -0.3 is 0 Å². The van der Waals surface area contributed by atoms with E-state index in [2.05, 4.69) is 16.0 Å². The molecule has 4 rings (SSSR count). The fourth-order valence-corrected chi connectivity index (χ4v) is 4.89. The molecule has 1 atom stereocenters. The van der Waals surface area contributed by atoms with Gasteiger partial charge in [-0.25, -0.2) is 23.4 Å². The van der Waals surface area contributed by atoms with Crippen molar-refractivity contribution in [3.63, 3.8) is 0 Å². The number of fused-ring (bicyclic) bond motifs is 1. The first-order chi connectivity index (χ1) is 13.4. The highest BCUT2D eigenvalue weighted by Crippen LogP contribution is 2.37. The van der Waals surface area contributed by atoms with E-state index >= 15 is 0 Å². The van der Waals surface area contributed by atoms with E-state index in [0.717, 1.165) is 11.1 Å². The lowest BCUT2D eigenvalue weighted by Crippen LogP contribution is -2.13. The number of benzene rings is 1. The van der Waals surface area contributed by atoms with Gasteiger partial charge in [0, 0.05) is 17.2 Å². The van der Waals surface area contributed by atoms with Crippen molar-refractivity contribution in [2.45, 2.75) is 29.9 Å². The lowest BCUT2D eigenvalue weighted by Gasteiger charge is -2.10. The Bertz CT molecular complexity index is 1220. The molecule has 0 saturated heterocycles. The Kier molecular flexibility index (Phi) is 4.57. The standard InChI is InChI=1S/C20H16N4O2S2/c1-12(2)28(25,26)15-5-3-13(4-6-15)18-9-23-20-19(24-18)16(8-22-20)17-11-27-10-14(17)7-21/h3-6,8-12,16H,1-2H3. The average Bonchev–Trinajstić information content (AvgIpc) is 3.33. The van der Waals surface area contributed by atoms with Gasteiger partial charge in [-0.2, -0.15) is 16.6 Å². The van der Waals surface area contributed by atoms with Crippen molar-refractivity contribution in [3.8, 4) is 17.3 Å². The molecule has 6 nitrogen and oxygen atoms in total. The molecule has 140 valence electrons. The summed E-state index contributed by atoms with van der Waals surface area (Å²) in [4.78, 5) is 13.7. The number of rotatable bonds is 4. The normalized spacial score (nSPS) is 15.6. The van der Waals surface area contributed by atoms with Crippen LogP contribution in [0.1, 0.15) is 36.6 Å². The Hall–Kier alpha value is -2.89. The molecule has 3 aromatic rings. The molecule has 0 spiro atoms. The number of hydrogen-bond donors (Lipinski definition) is 0.